The van der Waals surface area contributed by atoms with Crippen molar-refractivity contribution >= 4 is 11.9 Å². The molecule has 1 fully saturated rings. The van der Waals surface area contributed by atoms with Crippen LogP contribution in [0.4, 0.5) is 0 Å². The third-order valence-corrected chi connectivity index (χ3v) is 2.36. The van der Waals surface area contributed by atoms with Crippen molar-refractivity contribution < 1.29 is 14.7 Å². The van der Waals surface area contributed by atoms with Crippen LogP contribution in [0.3, 0.4) is 0 Å². The Balaban J connectivity index is 2.18. The fourth-order valence-corrected chi connectivity index (χ4v) is 1.56. The SMILES string of the molecule is NC1CCN(C(=O)CCCC(=O)O)C1. The second-order valence-electron chi connectivity index (χ2n) is 3.64. The van der Waals surface area contributed by atoms with E-state index in [2.05, 4.69) is 0 Å². The topological polar surface area (TPSA) is 83.6 Å². The zero-order chi connectivity index (χ0) is 10.6. The van der Waals surface area contributed by atoms with Crippen LogP contribution in [-0.4, -0.2) is 41.0 Å². The van der Waals surface area contributed by atoms with Crippen molar-refractivity contribution in [3.63, 3.8) is 0 Å². The lowest BCUT2D eigenvalue weighted by Crippen LogP contribution is -2.31. The fraction of sp³-hybridized carbons (Fsp3) is 0.778. The maximum atomic E-state index is 11.4. The summed E-state index contributed by atoms with van der Waals surface area (Å²) in [5.41, 5.74) is 5.65. The van der Waals surface area contributed by atoms with E-state index in [1.54, 1.807) is 4.90 Å². The van der Waals surface area contributed by atoms with E-state index in [9.17, 15) is 9.59 Å². The minimum Gasteiger partial charge on any atom is -0.481 e. The average Bonchev–Trinajstić information content (AvgIpc) is 2.51. The molecule has 0 aromatic heterocycles. The van der Waals surface area contributed by atoms with E-state index in [1.807, 2.05) is 0 Å². The van der Waals surface area contributed by atoms with Gasteiger partial charge in [-0.25, -0.2) is 0 Å². The second kappa shape index (κ2) is 4.95. The van der Waals surface area contributed by atoms with Gasteiger partial charge in [0.25, 0.3) is 0 Å². The van der Waals surface area contributed by atoms with E-state index >= 15 is 0 Å². The number of carboxylic acids is 1. The maximum Gasteiger partial charge on any atom is 0.303 e. The number of likely N-dealkylation sites (tertiary alicyclic amines) is 1. The van der Waals surface area contributed by atoms with Gasteiger partial charge >= 0.3 is 5.97 Å². The summed E-state index contributed by atoms with van der Waals surface area (Å²) in [5.74, 6) is -0.824. The molecular formula is C9H16N2O3. The molecule has 1 unspecified atom stereocenters. The van der Waals surface area contributed by atoms with Crippen LogP contribution in [0.2, 0.25) is 0 Å². The number of amides is 1. The summed E-state index contributed by atoms with van der Waals surface area (Å²) in [6.07, 6.45) is 1.65. The molecule has 1 aliphatic heterocycles. The molecule has 1 rings (SSSR count). The molecule has 0 aromatic carbocycles. The highest BCUT2D eigenvalue weighted by Crippen LogP contribution is 2.10. The van der Waals surface area contributed by atoms with E-state index < -0.39 is 5.97 Å². The second-order valence-corrected chi connectivity index (χ2v) is 3.64. The molecule has 5 heteroatoms. The molecule has 14 heavy (non-hydrogen) atoms. The standard InChI is InChI=1S/C9H16N2O3/c10-7-4-5-11(6-7)8(12)2-1-3-9(13)14/h7H,1-6,10H2,(H,13,14). The third kappa shape index (κ3) is 3.33. The Labute approximate surface area is 82.9 Å². The highest BCUT2D eigenvalue weighted by atomic mass is 16.4. The molecule has 0 saturated carbocycles. The van der Waals surface area contributed by atoms with Gasteiger partial charge in [0, 0.05) is 32.0 Å². The first-order valence-electron chi connectivity index (χ1n) is 4.84. The predicted octanol–water partition coefficient (Wildman–Crippen LogP) is -0.199. The average molecular weight is 200 g/mol. The van der Waals surface area contributed by atoms with Gasteiger partial charge in [-0.05, 0) is 12.8 Å². The lowest BCUT2D eigenvalue weighted by atomic mass is 10.2. The van der Waals surface area contributed by atoms with Crippen LogP contribution in [0.1, 0.15) is 25.7 Å². The number of aliphatic carboxylic acids is 1. The molecular weight excluding hydrogens is 184 g/mol. The third-order valence-electron chi connectivity index (χ3n) is 2.36. The monoisotopic (exact) mass is 200 g/mol. The van der Waals surface area contributed by atoms with Gasteiger partial charge in [-0.1, -0.05) is 0 Å². The molecule has 1 amide bonds. The summed E-state index contributed by atoms with van der Waals surface area (Å²) >= 11 is 0. The molecule has 0 radical (unpaired) electrons. The van der Waals surface area contributed by atoms with Crippen LogP contribution in [0.15, 0.2) is 0 Å². The van der Waals surface area contributed by atoms with E-state index in [-0.39, 0.29) is 18.4 Å². The van der Waals surface area contributed by atoms with E-state index in [4.69, 9.17) is 10.8 Å². The van der Waals surface area contributed by atoms with E-state index in [0.717, 1.165) is 6.42 Å². The van der Waals surface area contributed by atoms with E-state index in [0.29, 0.717) is 25.9 Å². The van der Waals surface area contributed by atoms with Crippen molar-refractivity contribution in [1.82, 2.24) is 4.90 Å². The van der Waals surface area contributed by atoms with Gasteiger partial charge in [-0.15, -0.1) is 0 Å². The number of carbonyl (C=O) groups excluding carboxylic acids is 1. The number of nitrogens with two attached hydrogens (primary N) is 1. The van der Waals surface area contributed by atoms with Crippen LogP contribution < -0.4 is 5.73 Å². The molecule has 0 aromatic rings. The number of hydrogen-bond donors (Lipinski definition) is 2. The molecule has 0 spiro atoms. The van der Waals surface area contributed by atoms with Crippen LogP contribution in [0, 0.1) is 0 Å². The summed E-state index contributed by atoms with van der Waals surface area (Å²) in [5, 5.41) is 8.39. The predicted molar refractivity (Wildman–Crippen MR) is 50.7 cm³/mol. The molecule has 0 aliphatic carbocycles. The summed E-state index contributed by atoms with van der Waals surface area (Å²) in [7, 11) is 0. The van der Waals surface area contributed by atoms with Gasteiger partial charge in [0.05, 0.1) is 0 Å². The number of carboxylic acid groups (broad SMARTS) is 1. The van der Waals surface area contributed by atoms with Crippen molar-refractivity contribution in [1.29, 1.82) is 0 Å². The van der Waals surface area contributed by atoms with Crippen LogP contribution in [0.25, 0.3) is 0 Å². The molecule has 3 N–H and O–H groups in total. The summed E-state index contributed by atoms with van der Waals surface area (Å²) in [6.45, 7) is 1.33. The van der Waals surface area contributed by atoms with Gasteiger partial charge in [0.15, 0.2) is 0 Å². The van der Waals surface area contributed by atoms with Crippen LogP contribution in [-0.2, 0) is 9.59 Å². The first-order chi connectivity index (χ1) is 6.59. The van der Waals surface area contributed by atoms with Crippen molar-refractivity contribution in [2.75, 3.05) is 13.1 Å². The minimum atomic E-state index is -0.851. The Morgan fingerprint density at radius 3 is 2.64 bits per heavy atom. The maximum absolute atomic E-state index is 11.4. The fourth-order valence-electron chi connectivity index (χ4n) is 1.56. The number of nitrogens with zero attached hydrogens (tertiary/aromatic N) is 1. The Morgan fingerprint density at radius 1 is 1.43 bits per heavy atom. The van der Waals surface area contributed by atoms with Crippen molar-refractivity contribution in [2.24, 2.45) is 5.73 Å². The number of carbonyl (C=O) groups is 2. The van der Waals surface area contributed by atoms with Crippen molar-refractivity contribution in [2.45, 2.75) is 31.7 Å². The van der Waals surface area contributed by atoms with Crippen LogP contribution in [0.5, 0.6) is 0 Å². The zero-order valence-corrected chi connectivity index (χ0v) is 8.11. The van der Waals surface area contributed by atoms with E-state index in [1.165, 1.54) is 0 Å². The van der Waals surface area contributed by atoms with Crippen molar-refractivity contribution in [3.8, 4) is 0 Å². The lowest BCUT2D eigenvalue weighted by Gasteiger charge is -2.14. The molecule has 80 valence electrons. The van der Waals surface area contributed by atoms with Gasteiger partial charge in [-0.2, -0.15) is 0 Å². The molecule has 1 saturated heterocycles. The number of rotatable bonds is 4. The van der Waals surface area contributed by atoms with Gasteiger partial charge in [0.2, 0.25) is 5.91 Å². The first-order valence-corrected chi connectivity index (χ1v) is 4.84. The highest BCUT2D eigenvalue weighted by molar-refractivity contribution is 5.77. The quantitative estimate of drug-likeness (QED) is 0.658. The van der Waals surface area contributed by atoms with Gasteiger partial charge in [0.1, 0.15) is 0 Å². The Hall–Kier alpha value is -1.10. The summed E-state index contributed by atoms with van der Waals surface area (Å²) < 4.78 is 0. The molecule has 5 nitrogen and oxygen atoms in total. The smallest absolute Gasteiger partial charge is 0.303 e. The molecule has 1 aliphatic rings. The summed E-state index contributed by atoms with van der Waals surface area (Å²) in [6, 6.07) is 0.0958. The zero-order valence-electron chi connectivity index (χ0n) is 8.11. The first kappa shape index (κ1) is 11.0. The van der Waals surface area contributed by atoms with Crippen LogP contribution >= 0.6 is 0 Å². The molecule has 0 bridgehead atoms. The van der Waals surface area contributed by atoms with Crippen molar-refractivity contribution in [3.05, 3.63) is 0 Å². The number of hydrogen-bond acceptors (Lipinski definition) is 3. The van der Waals surface area contributed by atoms with Gasteiger partial charge < -0.3 is 15.7 Å². The Kier molecular flexibility index (Phi) is 3.88. The molecule has 1 atom stereocenters. The highest BCUT2D eigenvalue weighted by Gasteiger charge is 2.22. The largest absolute Gasteiger partial charge is 0.481 e. The van der Waals surface area contributed by atoms with Gasteiger partial charge in [-0.3, -0.25) is 9.59 Å². The summed E-state index contributed by atoms with van der Waals surface area (Å²) in [4.78, 5) is 23.4. The minimum absolute atomic E-state index is 0.0270. The lowest BCUT2D eigenvalue weighted by molar-refractivity contribution is -0.137. The molecule has 1 heterocycles. The Bertz CT molecular complexity index is 230. The Morgan fingerprint density at radius 2 is 2.14 bits per heavy atom. The normalized spacial score (nSPS) is 21.2.